The van der Waals surface area contributed by atoms with Crippen LogP contribution < -0.4 is 14.2 Å². The second kappa shape index (κ2) is 11.8. The predicted molar refractivity (Wildman–Crippen MR) is 139 cm³/mol. The van der Waals surface area contributed by atoms with Gasteiger partial charge in [-0.2, -0.15) is 0 Å². The number of aliphatic hydroxyl groups excluding tert-OH is 5. The molecule has 2 saturated heterocycles. The first kappa shape index (κ1) is 30.3. The number of phenolic OH excluding ortho intramolecular Hbond substituents is 2. The molecule has 3 aliphatic rings. The number of Topliss-reactive ketones (excluding diaryl/α,β-unsaturated/α-hetero) is 1. The minimum atomic E-state index is -1.71. The Morgan fingerprint density at radius 1 is 0.810 bits per heavy atom. The molecule has 0 aromatic heterocycles. The van der Waals surface area contributed by atoms with Gasteiger partial charge in [0.2, 0.25) is 6.29 Å². The quantitative estimate of drug-likeness (QED) is 0.232. The molecule has 3 heterocycles. The maximum absolute atomic E-state index is 13.0. The molecule has 2 aromatic carbocycles. The van der Waals surface area contributed by atoms with Crippen molar-refractivity contribution in [1.29, 1.82) is 0 Å². The number of aromatic hydroxyl groups is 2. The molecular formula is C28H34O14. The molecule has 3 aliphatic heterocycles. The Bertz CT molecular complexity index is 1300. The van der Waals surface area contributed by atoms with Crippen molar-refractivity contribution < 1.29 is 69.0 Å². The molecule has 14 heteroatoms. The van der Waals surface area contributed by atoms with Crippen LogP contribution in [-0.4, -0.2) is 110 Å². The Hall–Kier alpha value is -3.21. The molecule has 0 radical (unpaired) electrons. The summed E-state index contributed by atoms with van der Waals surface area (Å²) in [6.07, 6.45) is -15.0. The number of ether oxygens (including phenoxy) is 6. The largest absolute Gasteiger partial charge is 0.507 e. The van der Waals surface area contributed by atoms with Crippen LogP contribution in [0.25, 0.3) is 0 Å². The molecule has 0 amide bonds. The average molecular weight is 595 g/mol. The molecule has 11 atom stereocenters. The summed E-state index contributed by atoms with van der Waals surface area (Å²) in [5.41, 5.74) is 0.415. The van der Waals surface area contributed by atoms with Gasteiger partial charge in [-0.1, -0.05) is 6.07 Å². The second-order valence-corrected chi connectivity index (χ2v) is 10.6. The predicted octanol–water partition coefficient (Wildman–Crippen LogP) is -0.129. The van der Waals surface area contributed by atoms with Crippen LogP contribution >= 0.6 is 0 Å². The highest BCUT2D eigenvalue weighted by Crippen LogP contribution is 2.43. The lowest BCUT2D eigenvalue weighted by atomic mass is 9.95. The van der Waals surface area contributed by atoms with Crippen molar-refractivity contribution in [1.82, 2.24) is 0 Å². The van der Waals surface area contributed by atoms with Crippen molar-refractivity contribution >= 4 is 5.78 Å². The van der Waals surface area contributed by atoms with E-state index in [1.54, 1.807) is 6.07 Å². The number of hydrogen-bond acceptors (Lipinski definition) is 14. The van der Waals surface area contributed by atoms with Gasteiger partial charge in [0.05, 0.1) is 25.7 Å². The molecule has 230 valence electrons. The maximum atomic E-state index is 13.0. The lowest BCUT2D eigenvalue weighted by Crippen LogP contribution is -2.63. The Labute approximate surface area is 240 Å². The molecule has 5 rings (SSSR count). The van der Waals surface area contributed by atoms with E-state index in [9.17, 15) is 40.5 Å². The molecule has 42 heavy (non-hydrogen) atoms. The number of carbonyl (C=O) groups excluding carboxylic acids is 1. The summed E-state index contributed by atoms with van der Waals surface area (Å²) < 4.78 is 33.9. The fourth-order valence-corrected chi connectivity index (χ4v) is 5.23. The lowest BCUT2D eigenvalue weighted by Gasteiger charge is -2.45. The summed E-state index contributed by atoms with van der Waals surface area (Å²) in [4.78, 5) is 13.0. The van der Waals surface area contributed by atoms with E-state index in [1.807, 2.05) is 0 Å². The van der Waals surface area contributed by atoms with Gasteiger partial charge in [-0.3, -0.25) is 4.79 Å². The van der Waals surface area contributed by atoms with E-state index >= 15 is 0 Å². The highest BCUT2D eigenvalue weighted by atomic mass is 16.8. The molecular weight excluding hydrogens is 560 g/mol. The minimum absolute atomic E-state index is 0.0135. The second-order valence-electron chi connectivity index (χ2n) is 10.6. The van der Waals surface area contributed by atoms with Gasteiger partial charge < -0.3 is 64.2 Å². The third kappa shape index (κ3) is 5.59. The third-order valence-electron chi connectivity index (χ3n) is 7.68. The molecule has 14 nitrogen and oxygen atoms in total. The fourth-order valence-electron chi connectivity index (χ4n) is 5.23. The van der Waals surface area contributed by atoms with E-state index in [0.717, 1.165) is 6.07 Å². The minimum Gasteiger partial charge on any atom is -0.507 e. The normalized spacial score (nSPS) is 36.6. The van der Waals surface area contributed by atoms with Crippen LogP contribution in [0.15, 0.2) is 30.3 Å². The van der Waals surface area contributed by atoms with Gasteiger partial charge in [-0.25, -0.2) is 0 Å². The number of phenols is 2. The molecule has 0 bridgehead atoms. The third-order valence-corrected chi connectivity index (χ3v) is 7.68. The highest BCUT2D eigenvalue weighted by Gasteiger charge is 2.50. The number of hydrogen-bond donors (Lipinski definition) is 7. The molecule has 0 saturated carbocycles. The van der Waals surface area contributed by atoms with Crippen LogP contribution in [-0.2, 0) is 14.2 Å². The molecule has 7 N–H and O–H groups in total. The maximum Gasteiger partial charge on any atom is 0.229 e. The zero-order valence-corrected chi connectivity index (χ0v) is 22.9. The van der Waals surface area contributed by atoms with Gasteiger partial charge in [0.25, 0.3) is 0 Å². The van der Waals surface area contributed by atoms with Crippen LogP contribution in [0, 0.1) is 0 Å². The number of fused-ring (bicyclic) bond motifs is 1. The van der Waals surface area contributed by atoms with Gasteiger partial charge in [0, 0.05) is 12.1 Å². The van der Waals surface area contributed by atoms with Crippen LogP contribution in [0.5, 0.6) is 28.7 Å². The van der Waals surface area contributed by atoms with E-state index in [1.165, 1.54) is 39.2 Å². The van der Waals surface area contributed by atoms with Crippen molar-refractivity contribution in [2.75, 3.05) is 7.11 Å². The first-order valence-corrected chi connectivity index (χ1v) is 13.4. The van der Waals surface area contributed by atoms with Gasteiger partial charge in [0.15, 0.2) is 29.7 Å². The van der Waals surface area contributed by atoms with E-state index in [-0.39, 0.29) is 35.0 Å². The van der Waals surface area contributed by atoms with Crippen molar-refractivity contribution in [2.24, 2.45) is 0 Å². The monoisotopic (exact) mass is 594 g/mol. The van der Waals surface area contributed by atoms with E-state index < -0.39 is 79.0 Å². The summed E-state index contributed by atoms with van der Waals surface area (Å²) in [6, 6.07) is 7.05. The molecule has 1 unspecified atom stereocenters. The fraction of sp³-hybridized carbons (Fsp3) is 0.536. The number of methoxy groups -OCH3 is 1. The summed E-state index contributed by atoms with van der Waals surface area (Å²) in [5, 5.41) is 72.7. The van der Waals surface area contributed by atoms with Gasteiger partial charge in [0.1, 0.15) is 59.4 Å². The first-order valence-electron chi connectivity index (χ1n) is 13.4. The van der Waals surface area contributed by atoms with Crippen LogP contribution in [0.3, 0.4) is 0 Å². The Balaban J connectivity index is 1.40. The Kier molecular flexibility index (Phi) is 8.51. The summed E-state index contributed by atoms with van der Waals surface area (Å²) in [5.74, 6) is -0.827. The number of ketones is 1. The number of rotatable bonds is 6. The highest BCUT2D eigenvalue weighted by molar-refractivity contribution is 6.02. The number of benzene rings is 2. The van der Waals surface area contributed by atoms with E-state index in [4.69, 9.17) is 28.4 Å². The van der Waals surface area contributed by atoms with Crippen molar-refractivity contribution in [3.8, 4) is 28.7 Å². The first-order chi connectivity index (χ1) is 19.9. The summed E-state index contributed by atoms with van der Waals surface area (Å²) >= 11 is 0. The van der Waals surface area contributed by atoms with Crippen LogP contribution in [0.1, 0.15) is 42.3 Å². The average Bonchev–Trinajstić information content (AvgIpc) is 2.94. The zero-order valence-electron chi connectivity index (χ0n) is 22.9. The molecule has 0 aliphatic carbocycles. The van der Waals surface area contributed by atoms with Gasteiger partial charge >= 0.3 is 0 Å². The molecule has 2 aromatic rings. The van der Waals surface area contributed by atoms with Crippen molar-refractivity contribution in [3.05, 3.63) is 41.5 Å². The molecule has 0 spiro atoms. The Morgan fingerprint density at radius 3 is 2.14 bits per heavy atom. The van der Waals surface area contributed by atoms with Crippen LogP contribution in [0.4, 0.5) is 0 Å². The zero-order chi connectivity index (χ0) is 30.5. The van der Waals surface area contributed by atoms with Crippen LogP contribution in [0.2, 0.25) is 0 Å². The van der Waals surface area contributed by atoms with Gasteiger partial charge in [-0.15, -0.1) is 0 Å². The Morgan fingerprint density at radius 2 is 1.48 bits per heavy atom. The standard InChI is InChI=1S/C28H34O14/c1-10-21(32)23(34)25(36)27(38-10)42-26-24(35)22(33)11(2)39-28(26)40-13-7-15(30)20-16(31)9-18(41-19(20)8-13)12-4-5-17(37-3)14(29)6-12/h4-8,10-11,18,21-30,32-36H,9H2,1-3H3/t10-,11-,18?,21-,22-,23+,24+,25+,26-,27-,28+/m0/s1. The summed E-state index contributed by atoms with van der Waals surface area (Å²) in [6.45, 7) is 2.93. The topological polar surface area (TPSA) is 214 Å². The van der Waals surface area contributed by atoms with E-state index in [2.05, 4.69) is 0 Å². The van der Waals surface area contributed by atoms with Crippen molar-refractivity contribution in [2.45, 2.75) is 87.8 Å². The van der Waals surface area contributed by atoms with Gasteiger partial charge in [-0.05, 0) is 31.5 Å². The molecule has 2 fully saturated rings. The van der Waals surface area contributed by atoms with Crippen molar-refractivity contribution in [3.63, 3.8) is 0 Å². The number of aliphatic hydroxyl groups is 5. The number of carbonyl (C=O) groups is 1. The SMILES string of the molecule is COc1ccc(C2CC(=O)c3c(O)cc(O[C@H]4O[C@@H](C)[C@H](O)[C@@H](O)[C@@H]4O[C@@H]4O[C@@H](C)[C@H](O)[C@@H](O)[C@H]4O)cc3O2)cc1O. The smallest absolute Gasteiger partial charge is 0.229 e. The van der Waals surface area contributed by atoms with E-state index in [0.29, 0.717) is 5.56 Å². The lowest BCUT2D eigenvalue weighted by molar-refractivity contribution is -0.352. The summed E-state index contributed by atoms with van der Waals surface area (Å²) in [7, 11) is 1.40.